The summed E-state index contributed by atoms with van der Waals surface area (Å²) in [7, 11) is 0. The van der Waals surface area contributed by atoms with Crippen molar-refractivity contribution in [3.63, 3.8) is 0 Å². The number of nitrogens with one attached hydrogen (secondary N) is 1. The van der Waals surface area contributed by atoms with E-state index in [2.05, 4.69) is 10.4 Å². The second-order valence-corrected chi connectivity index (χ2v) is 11.7. The number of aliphatic hydroxyl groups is 1. The topological polar surface area (TPSA) is 132 Å². The number of halogens is 1. The number of aromatic nitrogens is 3. The first kappa shape index (κ1) is 25.6. The molecular weight excluding hydrogens is 525 g/mol. The molecule has 0 spiro atoms. The second kappa shape index (κ2) is 9.10. The Morgan fingerprint density at radius 1 is 1.17 bits per heavy atom. The maximum atomic E-state index is 13.7. The van der Waals surface area contributed by atoms with Gasteiger partial charge in [0.2, 0.25) is 5.91 Å². The van der Waals surface area contributed by atoms with E-state index in [9.17, 15) is 19.1 Å². The zero-order valence-corrected chi connectivity index (χ0v) is 22.6. The zero-order chi connectivity index (χ0) is 28.5. The molecule has 0 radical (unpaired) electrons. The summed E-state index contributed by atoms with van der Waals surface area (Å²) in [6, 6.07) is 13.0. The summed E-state index contributed by atoms with van der Waals surface area (Å²) in [4.78, 5) is 30.6. The SMILES string of the molecule is C[C@]1(C(N)=O)COc2c1cc(C(O)(CNC(=O)c1ccn3nc(C4CC4)cc3c1)C1CC1)nc2-c1ccc(F)cc1. The first-order chi connectivity index (χ1) is 19.7. The molecule has 4 N–H and O–H groups in total. The smallest absolute Gasteiger partial charge is 0.251 e. The Kier molecular flexibility index (Phi) is 5.69. The van der Waals surface area contributed by atoms with Crippen LogP contribution in [0.25, 0.3) is 16.8 Å². The third-order valence-electron chi connectivity index (χ3n) is 8.69. The van der Waals surface area contributed by atoms with Crippen LogP contribution in [-0.4, -0.2) is 44.7 Å². The lowest BCUT2D eigenvalue weighted by Gasteiger charge is -2.30. The van der Waals surface area contributed by atoms with Gasteiger partial charge in [-0.3, -0.25) is 9.59 Å². The number of rotatable bonds is 8. The summed E-state index contributed by atoms with van der Waals surface area (Å²) < 4.78 is 21.4. The number of hydrogen-bond donors (Lipinski definition) is 3. The first-order valence-corrected chi connectivity index (χ1v) is 13.9. The lowest BCUT2D eigenvalue weighted by molar-refractivity contribution is -0.123. The molecule has 210 valence electrons. The van der Waals surface area contributed by atoms with E-state index < -0.39 is 22.7 Å². The van der Waals surface area contributed by atoms with Gasteiger partial charge in [0.05, 0.1) is 23.4 Å². The minimum atomic E-state index is -1.51. The average molecular weight is 556 g/mol. The van der Waals surface area contributed by atoms with Crippen LogP contribution in [0.3, 0.4) is 0 Å². The van der Waals surface area contributed by atoms with Crippen molar-refractivity contribution in [2.24, 2.45) is 11.7 Å². The van der Waals surface area contributed by atoms with Crippen molar-refractivity contribution in [3.05, 3.63) is 83.1 Å². The van der Waals surface area contributed by atoms with Crippen molar-refractivity contribution >= 4 is 17.3 Å². The van der Waals surface area contributed by atoms with Gasteiger partial charge >= 0.3 is 0 Å². The number of carbonyl (C=O) groups excluding carboxylic acids is 2. The molecule has 2 saturated carbocycles. The maximum Gasteiger partial charge on any atom is 0.251 e. The molecule has 2 fully saturated rings. The van der Waals surface area contributed by atoms with E-state index in [0.29, 0.717) is 39.7 Å². The standard InChI is InChI=1S/C31H30FN5O4/c1-30(29(33)39)16-41-27-23(30)14-25(35-26(27)18-4-8-21(32)9-5-18)31(40,20-6-7-20)15-34-28(38)19-10-11-37-22(12-19)13-24(36-37)17-2-3-17/h4-5,8-14,17,20,40H,2-3,6-7,15-16H2,1H3,(H2,33,39)(H,34,38)/t30-,31?/m0/s1. The highest BCUT2D eigenvalue weighted by molar-refractivity contribution is 5.95. The second-order valence-electron chi connectivity index (χ2n) is 11.7. The zero-order valence-electron chi connectivity index (χ0n) is 22.6. The summed E-state index contributed by atoms with van der Waals surface area (Å²) >= 11 is 0. The number of primary amides is 1. The number of nitrogens with two attached hydrogens (primary N) is 1. The fourth-order valence-electron chi connectivity index (χ4n) is 5.67. The molecule has 1 unspecified atom stereocenters. The molecule has 4 aromatic rings. The largest absolute Gasteiger partial charge is 0.489 e. The molecule has 7 rings (SSSR count). The minimum absolute atomic E-state index is 0.0229. The summed E-state index contributed by atoms with van der Waals surface area (Å²) in [6.07, 6.45) is 5.56. The van der Waals surface area contributed by atoms with Crippen molar-refractivity contribution in [1.29, 1.82) is 0 Å². The van der Waals surface area contributed by atoms with Crippen LogP contribution in [0.15, 0.2) is 54.7 Å². The van der Waals surface area contributed by atoms with E-state index in [1.165, 1.54) is 12.1 Å². The summed E-state index contributed by atoms with van der Waals surface area (Å²) in [5.41, 5.74) is 7.24. The number of ether oxygens (including phenoxy) is 1. The maximum absolute atomic E-state index is 13.7. The Bertz CT molecular complexity index is 1710. The molecule has 0 saturated heterocycles. The van der Waals surface area contributed by atoms with E-state index in [4.69, 9.17) is 15.5 Å². The van der Waals surface area contributed by atoms with Crippen molar-refractivity contribution < 1.29 is 23.8 Å². The van der Waals surface area contributed by atoms with Crippen LogP contribution in [0.1, 0.15) is 65.8 Å². The first-order valence-electron chi connectivity index (χ1n) is 13.9. The fourth-order valence-corrected chi connectivity index (χ4v) is 5.67. The van der Waals surface area contributed by atoms with E-state index in [1.54, 1.807) is 48.0 Å². The number of hydrogen-bond acceptors (Lipinski definition) is 6. The molecule has 2 aliphatic carbocycles. The van der Waals surface area contributed by atoms with Crippen LogP contribution in [0, 0.1) is 11.7 Å². The van der Waals surface area contributed by atoms with Gasteiger partial charge in [0.15, 0.2) is 0 Å². The van der Waals surface area contributed by atoms with Crippen molar-refractivity contribution in [3.8, 4) is 17.0 Å². The van der Waals surface area contributed by atoms with E-state index in [-0.39, 0.29) is 25.0 Å². The van der Waals surface area contributed by atoms with Gasteiger partial charge in [0.25, 0.3) is 5.91 Å². The Labute approximate surface area is 235 Å². The van der Waals surface area contributed by atoms with Crippen LogP contribution in [-0.2, 0) is 15.8 Å². The Balaban J connectivity index is 1.23. The number of nitrogens with zero attached hydrogens (tertiary/aromatic N) is 3. The number of benzene rings is 1. The van der Waals surface area contributed by atoms with Crippen LogP contribution in [0.5, 0.6) is 5.75 Å². The Hall–Kier alpha value is -4.31. The third kappa shape index (κ3) is 4.33. The molecule has 9 nitrogen and oxygen atoms in total. The molecule has 10 heteroatoms. The van der Waals surface area contributed by atoms with Gasteiger partial charge in [-0.15, -0.1) is 0 Å². The number of pyridine rings is 2. The van der Waals surface area contributed by atoms with Gasteiger partial charge in [-0.05, 0) is 87.1 Å². The van der Waals surface area contributed by atoms with Gasteiger partial charge in [0.1, 0.15) is 34.9 Å². The molecule has 2 amide bonds. The van der Waals surface area contributed by atoms with Gasteiger partial charge < -0.3 is 20.9 Å². The van der Waals surface area contributed by atoms with Crippen molar-refractivity contribution in [2.45, 2.75) is 49.5 Å². The van der Waals surface area contributed by atoms with Crippen LogP contribution in [0.4, 0.5) is 4.39 Å². The highest BCUT2D eigenvalue weighted by atomic mass is 19.1. The molecule has 1 aliphatic heterocycles. The Morgan fingerprint density at radius 2 is 1.93 bits per heavy atom. The molecule has 2 atom stereocenters. The van der Waals surface area contributed by atoms with Crippen LogP contribution < -0.4 is 15.8 Å². The molecule has 0 bridgehead atoms. The highest BCUT2D eigenvalue weighted by Gasteiger charge is 2.50. The summed E-state index contributed by atoms with van der Waals surface area (Å²) in [5, 5.41) is 19.6. The van der Waals surface area contributed by atoms with Gasteiger partial charge in [0, 0.05) is 28.8 Å². The average Bonchev–Trinajstić information content (AvgIpc) is 3.91. The molecule has 3 aromatic heterocycles. The van der Waals surface area contributed by atoms with E-state index >= 15 is 0 Å². The predicted octanol–water partition coefficient (Wildman–Crippen LogP) is 3.58. The van der Waals surface area contributed by atoms with Crippen molar-refractivity contribution in [2.75, 3.05) is 13.2 Å². The molecular formula is C31H30FN5O4. The summed E-state index contributed by atoms with van der Waals surface area (Å²) in [6.45, 7) is 1.63. The van der Waals surface area contributed by atoms with Crippen LogP contribution in [0.2, 0.25) is 0 Å². The van der Waals surface area contributed by atoms with Gasteiger partial charge in [-0.2, -0.15) is 5.10 Å². The lowest BCUT2D eigenvalue weighted by atomic mass is 9.81. The number of carbonyl (C=O) groups is 2. The minimum Gasteiger partial charge on any atom is -0.489 e. The van der Waals surface area contributed by atoms with E-state index in [0.717, 1.165) is 36.9 Å². The van der Waals surface area contributed by atoms with Gasteiger partial charge in [-0.1, -0.05) is 0 Å². The van der Waals surface area contributed by atoms with Gasteiger partial charge in [-0.25, -0.2) is 13.9 Å². The third-order valence-corrected chi connectivity index (χ3v) is 8.69. The summed E-state index contributed by atoms with van der Waals surface area (Å²) in [5.74, 6) is -0.562. The monoisotopic (exact) mass is 555 g/mol. The normalized spacial score (nSPS) is 21.2. The highest BCUT2D eigenvalue weighted by Crippen LogP contribution is 2.50. The Morgan fingerprint density at radius 3 is 2.61 bits per heavy atom. The lowest BCUT2D eigenvalue weighted by Crippen LogP contribution is -2.44. The quantitative estimate of drug-likeness (QED) is 0.305. The molecule has 41 heavy (non-hydrogen) atoms. The van der Waals surface area contributed by atoms with Crippen molar-refractivity contribution in [1.82, 2.24) is 19.9 Å². The number of amides is 2. The molecule has 3 aliphatic rings. The predicted molar refractivity (Wildman–Crippen MR) is 148 cm³/mol. The molecule has 1 aromatic carbocycles. The fraction of sp³-hybridized carbons (Fsp3) is 0.355. The van der Waals surface area contributed by atoms with E-state index in [1.807, 2.05) is 6.07 Å². The molecule has 4 heterocycles. The number of fused-ring (bicyclic) bond motifs is 2. The van der Waals surface area contributed by atoms with Crippen LogP contribution >= 0.6 is 0 Å².